The average Bonchev–Trinajstić information content (AvgIpc) is 3.09. The monoisotopic (exact) mass is 450 g/mol. The summed E-state index contributed by atoms with van der Waals surface area (Å²) in [5.41, 5.74) is 9.19. The SMILES string of the molecule is Cc1ccc(-c2cccc3c2C=C(C(=O)Nc2ccc(CN4CCCCC4)cc2)CCC3)cc1. The third kappa shape index (κ3) is 5.31. The smallest absolute Gasteiger partial charge is 0.251 e. The number of carbonyl (C=O) groups is 1. The molecule has 3 aromatic carbocycles. The van der Waals surface area contributed by atoms with Crippen molar-refractivity contribution in [1.82, 2.24) is 4.90 Å². The summed E-state index contributed by atoms with van der Waals surface area (Å²) in [7, 11) is 0. The summed E-state index contributed by atoms with van der Waals surface area (Å²) in [5.74, 6) is 0.00957. The lowest BCUT2D eigenvalue weighted by Crippen LogP contribution is -2.29. The molecule has 0 spiro atoms. The summed E-state index contributed by atoms with van der Waals surface area (Å²) >= 11 is 0. The summed E-state index contributed by atoms with van der Waals surface area (Å²) in [6, 6.07) is 23.5. The Labute approximate surface area is 203 Å². The number of nitrogens with zero attached hydrogens (tertiary/aromatic N) is 1. The number of piperidine rings is 1. The highest BCUT2D eigenvalue weighted by Crippen LogP contribution is 2.33. The topological polar surface area (TPSA) is 32.3 Å². The van der Waals surface area contributed by atoms with E-state index < -0.39 is 0 Å². The van der Waals surface area contributed by atoms with Gasteiger partial charge >= 0.3 is 0 Å². The van der Waals surface area contributed by atoms with Crippen LogP contribution >= 0.6 is 0 Å². The Bertz CT molecular complexity index is 1170. The Kier molecular flexibility index (Phi) is 6.92. The van der Waals surface area contributed by atoms with Gasteiger partial charge in [-0.05, 0) is 98.1 Å². The molecule has 0 atom stereocenters. The van der Waals surface area contributed by atoms with Gasteiger partial charge in [-0.2, -0.15) is 0 Å². The zero-order chi connectivity index (χ0) is 23.3. The van der Waals surface area contributed by atoms with Gasteiger partial charge < -0.3 is 5.32 Å². The van der Waals surface area contributed by atoms with E-state index >= 15 is 0 Å². The molecule has 0 saturated carbocycles. The van der Waals surface area contributed by atoms with E-state index in [1.54, 1.807) is 0 Å². The molecular weight excluding hydrogens is 416 g/mol. The predicted molar refractivity (Wildman–Crippen MR) is 142 cm³/mol. The normalized spacial score (nSPS) is 16.3. The van der Waals surface area contributed by atoms with Gasteiger partial charge in [0.2, 0.25) is 0 Å². The standard InChI is InChI=1S/C31H34N2O/c1-23-11-15-26(16-12-23)29-10-6-8-25-7-5-9-27(21-30(25)29)31(34)32-28-17-13-24(14-18-28)22-33-19-3-2-4-20-33/h6,8,10-18,21H,2-5,7,9,19-20,22H2,1H3,(H,32,34). The second-order valence-electron chi connectivity index (χ2n) is 9.76. The number of rotatable bonds is 5. The molecule has 3 nitrogen and oxygen atoms in total. The summed E-state index contributed by atoms with van der Waals surface area (Å²) in [4.78, 5) is 15.8. The van der Waals surface area contributed by atoms with Gasteiger partial charge in [0.15, 0.2) is 0 Å². The number of hydrogen-bond acceptors (Lipinski definition) is 2. The first-order valence-corrected chi connectivity index (χ1v) is 12.7. The zero-order valence-electron chi connectivity index (χ0n) is 20.1. The van der Waals surface area contributed by atoms with E-state index in [4.69, 9.17) is 0 Å². The summed E-state index contributed by atoms with van der Waals surface area (Å²) in [6.45, 7) is 5.49. The Morgan fingerprint density at radius 1 is 0.853 bits per heavy atom. The van der Waals surface area contributed by atoms with E-state index in [1.807, 2.05) is 12.1 Å². The second-order valence-corrected chi connectivity index (χ2v) is 9.76. The van der Waals surface area contributed by atoms with Crippen LogP contribution in [0.15, 0.2) is 72.3 Å². The van der Waals surface area contributed by atoms with Crippen molar-refractivity contribution in [1.29, 1.82) is 0 Å². The van der Waals surface area contributed by atoms with Gasteiger partial charge in [0, 0.05) is 17.8 Å². The number of fused-ring (bicyclic) bond motifs is 1. The van der Waals surface area contributed by atoms with Crippen molar-refractivity contribution in [3.05, 3.63) is 94.6 Å². The van der Waals surface area contributed by atoms with Crippen molar-refractivity contribution in [2.24, 2.45) is 0 Å². The lowest BCUT2D eigenvalue weighted by atomic mass is 9.93. The molecule has 0 bridgehead atoms. The highest BCUT2D eigenvalue weighted by atomic mass is 16.1. The van der Waals surface area contributed by atoms with E-state index in [1.165, 1.54) is 65.7 Å². The van der Waals surface area contributed by atoms with Crippen LogP contribution in [-0.4, -0.2) is 23.9 Å². The van der Waals surface area contributed by atoms with Crippen molar-refractivity contribution in [2.45, 2.75) is 52.0 Å². The van der Waals surface area contributed by atoms with Crippen LogP contribution in [0.25, 0.3) is 17.2 Å². The number of carbonyl (C=O) groups excluding carboxylic acids is 1. The third-order valence-corrected chi connectivity index (χ3v) is 7.13. The fourth-order valence-corrected chi connectivity index (χ4v) is 5.16. The number of amides is 1. The molecule has 1 aliphatic carbocycles. The summed E-state index contributed by atoms with van der Waals surface area (Å²) < 4.78 is 0. The van der Waals surface area contributed by atoms with Gasteiger partial charge in [0.05, 0.1) is 0 Å². The molecule has 1 fully saturated rings. The number of likely N-dealkylation sites (tertiary alicyclic amines) is 1. The largest absolute Gasteiger partial charge is 0.322 e. The van der Waals surface area contributed by atoms with E-state index in [2.05, 4.69) is 77.8 Å². The molecule has 1 aliphatic heterocycles. The number of anilines is 1. The van der Waals surface area contributed by atoms with E-state index in [-0.39, 0.29) is 5.91 Å². The van der Waals surface area contributed by atoms with Crippen LogP contribution in [0.5, 0.6) is 0 Å². The van der Waals surface area contributed by atoms with Gasteiger partial charge in [-0.15, -0.1) is 0 Å². The lowest BCUT2D eigenvalue weighted by molar-refractivity contribution is -0.112. The molecule has 1 N–H and O–H groups in total. The molecule has 1 heterocycles. The highest BCUT2D eigenvalue weighted by molar-refractivity contribution is 6.07. The van der Waals surface area contributed by atoms with Crippen molar-refractivity contribution >= 4 is 17.7 Å². The van der Waals surface area contributed by atoms with Gasteiger partial charge in [-0.1, -0.05) is 66.6 Å². The zero-order valence-corrected chi connectivity index (χ0v) is 20.1. The molecular formula is C31H34N2O. The van der Waals surface area contributed by atoms with E-state index in [9.17, 15) is 4.79 Å². The van der Waals surface area contributed by atoms with Crippen LogP contribution < -0.4 is 5.32 Å². The minimum absolute atomic E-state index is 0.00957. The molecule has 2 aliphatic rings. The number of benzene rings is 3. The first-order valence-electron chi connectivity index (χ1n) is 12.7. The van der Waals surface area contributed by atoms with Crippen molar-refractivity contribution in [3.8, 4) is 11.1 Å². The van der Waals surface area contributed by atoms with E-state index in [0.717, 1.165) is 37.1 Å². The first kappa shape index (κ1) is 22.6. The molecule has 1 amide bonds. The molecule has 3 heteroatoms. The van der Waals surface area contributed by atoms with Gasteiger partial charge in [0.1, 0.15) is 0 Å². The molecule has 5 rings (SSSR count). The molecule has 34 heavy (non-hydrogen) atoms. The Morgan fingerprint density at radius 3 is 2.38 bits per heavy atom. The molecule has 3 aromatic rings. The first-order chi connectivity index (χ1) is 16.7. The minimum atomic E-state index is 0.00957. The summed E-state index contributed by atoms with van der Waals surface area (Å²) in [6.07, 6.45) is 8.86. The van der Waals surface area contributed by atoms with Gasteiger partial charge in [-0.25, -0.2) is 0 Å². The molecule has 174 valence electrons. The van der Waals surface area contributed by atoms with E-state index in [0.29, 0.717) is 0 Å². The lowest BCUT2D eigenvalue weighted by Gasteiger charge is -2.26. The average molecular weight is 451 g/mol. The van der Waals surface area contributed by atoms with Crippen LogP contribution in [-0.2, 0) is 17.8 Å². The Balaban J connectivity index is 1.33. The quantitative estimate of drug-likeness (QED) is 0.454. The highest BCUT2D eigenvalue weighted by Gasteiger charge is 2.18. The molecule has 0 radical (unpaired) electrons. The minimum Gasteiger partial charge on any atom is -0.322 e. The fraction of sp³-hybridized carbons (Fsp3) is 0.323. The van der Waals surface area contributed by atoms with Crippen LogP contribution in [0, 0.1) is 6.92 Å². The van der Waals surface area contributed by atoms with Crippen molar-refractivity contribution < 1.29 is 4.79 Å². The molecule has 0 unspecified atom stereocenters. The fourth-order valence-electron chi connectivity index (χ4n) is 5.16. The van der Waals surface area contributed by atoms with Crippen LogP contribution in [0.1, 0.15) is 54.4 Å². The molecule has 0 aromatic heterocycles. The Hall–Kier alpha value is -3.17. The van der Waals surface area contributed by atoms with Crippen LogP contribution in [0.3, 0.4) is 0 Å². The van der Waals surface area contributed by atoms with Crippen molar-refractivity contribution in [3.63, 3.8) is 0 Å². The Morgan fingerprint density at radius 2 is 1.62 bits per heavy atom. The van der Waals surface area contributed by atoms with Crippen molar-refractivity contribution in [2.75, 3.05) is 18.4 Å². The van der Waals surface area contributed by atoms with Gasteiger partial charge in [-0.3, -0.25) is 9.69 Å². The number of aryl methyl sites for hydroxylation is 2. The number of hydrogen-bond donors (Lipinski definition) is 1. The maximum atomic E-state index is 13.2. The van der Waals surface area contributed by atoms with Crippen LogP contribution in [0.4, 0.5) is 5.69 Å². The number of nitrogens with one attached hydrogen (secondary N) is 1. The van der Waals surface area contributed by atoms with Crippen LogP contribution in [0.2, 0.25) is 0 Å². The maximum absolute atomic E-state index is 13.2. The van der Waals surface area contributed by atoms with Gasteiger partial charge in [0.25, 0.3) is 5.91 Å². The third-order valence-electron chi connectivity index (χ3n) is 7.13. The maximum Gasteiger partial charge on any atom is 0.251 e. The summed E-state index contributed by atoms with van der Waals surface area (Å²) in [5, 5.41) is 3.15. The predicted octanol–water partition coefficient (Wildman–Crippen LogP) is 7.01. The second kappa shape index (κ2) is 10.4. The molecule has 1 saturated heterocycles.